The van der Waals surface area contributed by atoms with E-state index in [9.17, 15) is 0 Å². The van der Waals surface area contributed by atoms with Crippen molar-refractivity contribution in [1.29, 1.82) is 0 Å². The number of nitrogens with zero attached hydrogens (tertiary/aromatic N) is 1. The van der Waals surface area contributed by atoms with Gasteiger partial charge in [0.25, 0.3) is 0 Å². The van der Waals surface area contributed by atoms with Gasteiger partial charge in [-0.3, -0.25) is 4.99 Å². The molecule has 4 heteroatoms. The van der Waals surface area contributed by atoms with Gasteiger partial charge in [0.1, 0.15) is 17.1 Å². The van der Waals surface area contributed by atoms with Crippen molar-refractivity contribution in [3.8, 4) is 17.1 Å². The highest BCUT2D eigenvalue weighted by Gasteiger charge is 2.07. The fourth-order valence-corrected chi connectivity index (χ4v) is 3.28. The first kappa shape index (κ1) is 19.2. The lowest BCUT2D eigenvalue weighted by Crippen LogP contribution is -3.11. The van der Waals surface area contributed by atoms with Crippen LogP contribution in [0.25, 0.3) is 22.3 Å². The number of methoxy groups -OCH3 is 1. The summed E-state index contributed by atoms with van der Waals surface area (Å²) in [6, 6.07) is 18.1. The van der Waals surface area contributed by atoms with E-state index >= 15 is 0 Å². The molecule has 0 saturated carbocycles. The molecule has 0 aliphatic heterocycles. The van der Waals surface area contributed by atoms with E-state index in [1.807, 2.05) is 42.5 Å². The van der Waals surface area contributed by atoms with E-state index in [-0.39, 0.29) is 0 Å². The Morgan fingerprint density at radius 2 is 1.78 bits per heavy atom. The van der Waals surface area contributed by atoms with Gasteiger partial charge in [-0.05, 0) is 32.0 Å². The fourth-order valence-electron chi connectivity index (χ4n) is 3.28. The summed E-state index contributed by atoms with van der Waals surface area (Å²) in [6.07, 6.45) is 1.08. The molecule has 2 aromatic carbocycles. The second-order valence-corrected chi connectivity index (χ2v) is 6.67. The lowest BCUT2D eigenvalue weighted by atomic mass is 10.1. The van der Waals surface area contributed by atoms with Crippen molar-refractivity contribution in [3.63, 3.8) is 0 Å². The van der Waals surface area contributed by atoms with Crippen LogP contribution in [-0.2, 0) is 0 Å². The molecule has 3 aromatic rings. The van der Waals surface area contributed by atoms with Crippen molar-refractivity contribution >= 4 is 11.0 Å². The van der Waals surface area contributed by atoms with Gasteiger partial charge in [-0.25, -0.2) is 0 Å². The summed E-state index contributed by atoms with van der Waals surface area (Å²) in [4.78, 5) is 6.52. The zero-order valence-electron chi connectivity index (χ0n) is 16.5. The van der Waals surface area contributed by atoms with Gasteiger partial charge in [0, 0.05) is 30.0 Å². The third kappa shape index (κ3) is 4.77. The van der Waals surface area contributed by atoms with Crippen LogP contribution in [0, 0.1) is 0 Å². The average Bonchev–Trinajstić information content (AvgIpc) is 2.73. The Kier molecular flexibility index (Phi) is 6.66. The third-order valence-electron chi connectivity index (χ3n) is 4.98. The summed E-state index contributed by atoms with van der Waals surface area (Å²) in [5.41, 5.74) is 1.88. The van der Waals surface area contributed by atoms with E-state index in [1.54, 1.807) is 12.0 Å². The van der Waals surface area contributed by atoms with E-state index in [2.05, 4.69) is 26.0 Å². The second-order valence-electron chi connectivity index (χ2n) is 6.67. The third-order valence-corrected chi connectivity index (χ3v) is 4.98. The molecule has 0 unspecified atom stereocenters. The van der Waals surface area contributed by atoms with Crippen molar-refractivity contribution in [2.24, 2.45) is 4.99 Å². The number of hydrogen-bond donors (Lipinski definition) is 1. The van der Waals surface area contributed by atoms with Gasteiger partial charge in [0.2, 0.25) is 0 Å². The molecule has 0 radical (unpaired) electrons. The number of quaternary nitrogens is 1. The Hall–Kier alpha value is -2.59. The molecule has 1 heterocycles. The topological polar surface area (TPSA) is 39.2 Å². The molecule has 0 atom stereocenters. The smallest absolute Gasteiger partial charge is 0.137 e. The predicted octanol–water partition coefficient (Wildman–Crippen LogP) is 3.32. The lowest BCUT2D eigenvalue weighted by Gasteiger charge is -2.14. The van der Waals surface area contributed by atoms with E-state index < -0.39 is 0 Å². The highest BCUT2D eigenvalue weighted by Crippen LogP contribution is 2.24. The molecule has 1 aromatic heterocycles. The minimum Gasteiger partial charge on any atom is -0.497 e. The second kappa shape index (κ2) is 9.38. The highest BCUT2D eigenvalue weighted by molar-refractivity contribution is 5.80. The van der Waals surface area contributed by atoms with E-state index in [0.29, 0.717) is 0 Å². The van der Waals surface area contributed by atoms with Crippen LogP contribution in [0.3, 0.4) is 0 Å². The van der Waals surface area contributed by atoms with Gasteiger partial charge in [-0.15, -0.1) is 0 Å². The van der Waals surface area contributed by atoms with Crippen LogP contribution >= 0.6 is 0 Å². The van der Waals surface area contributed by atoms with Gasteiger partial charge in [0.05, 0.1) is 32.1 Å². The van der Waals surface area contributed by atoms with Crippen molar-refractivity contribution < 1.29 is 14.1 Å². The zero-order chi connectivity index (χ0) is 19.1. The molecule has 142 valence electrons. The monoisotopic (exact) mass is 365 g/mol. The maximum Gasteiger partial charge on any atom is 0.137 e. The Morgan fingerprint density at radius 3 is 2.48 bits per heavy atom. The summed E-state index contributed by atoms with van der Waals surface area (Å²) in [7, 11) is 1.68. The number of benzene rings is 2. The van der Waals surface area contributed by atoms with Crippen LogP contribution in [-0.4, -0.2) is 33.3 Å². The summed E-state index contributed by atoms with van der Waals surface area (Å²) in [5, 5.41) is 1.95. The van der Waals surface area contributed by atoms with Crippen LogP contribution in [0.5, 0.6) is 5.75 Å². The minimum atomic E-state index is 0.814. The number of ether oxygens (including phenoxy) is 1. The highest BCUT2D eigenvalue weighted by atomic mass is 16.5. The molecule has 0 aliphatic rings. The van der Waals surface area contributed by atoms with Crippen molar-refractivity contribution in [2.75, 3.05) is 33.3 Å². The standard InChI is InChI=1S/C23H28N2O2/c1-4-25(5-2)15-9-14-24-21-17-23(18-10-7-6-8-11-18)27-22-13-12-19(26-3)16-20(21)22/h6-8,10-13,16-17H,4-5,9,14-15H2,1-3H3/p+1. The van der Waals surface area contributed by atoms with E-state index in [4.69, 9.17) is 14.1 Å². The van der Waals surface area contributed by atoms with Crippen molar-refractivity contribution in [3.05, 3.63) is 60.0 Å². The van der Waals surface area contributed by atoms with Crippen LogP contribution in [0.2, 0.25) is 0 Å². The van der Waals surface area contributed by atoms with Gasteiger partial charge in [-0.1, -0.05) is 30.3 Å². The fraction of sp³-hybridized carbons (Fsp3) is 0.348. The van der Waals surface area contributed by atoms with Gasteiger partial charge in [0.15, 0.2) is 0 Å². The first-order chi connectivity index (χ1) is 13.2. The number of rotatable bonds is 8. The summed E-state index contributed by atoms with van der Waals surface area (Å²) >= 11 is 0. The maximum absolute atomic E-state index is 6.15. The van der Waals surface area contributed by atoms with Crippen LogP contribution in [0.1, 0.15) is 20.3 Å². The van der Waals surface area contributed by atoms with Crippen molar-refractivity contribution in [1.82, 2.24) is 0 Å². The van der Waals surface area contributed by atoms with Crippen LogP contribution in [0.15, 0.2) is 64.0 Å². The average molecular weight is 365 g/mol. The normalized spacial score (nSPS) is 12.1. The molecule has 4 nitrogen and oxygen atoms in total. The quantitative estimate of drug-likeness (QED) is 0.622. The Morgan fingerprint density at radius 1 is 1.00 bits per heavy atom. The molecule has 1 N–H and O–H groups in total. The van der Waals surface area contributed by atoms with E-state index in [1.165, 1.54) is 13.1 Å². The van der Waals surface area contributed by atoms with Crippen LogP contribution < -0.4 is 15.0 Å². The van der Waals surface area contributed by atoms with Crippen LogP contribution in [0.4, 0.5) is 0 Å². The minimum absolute atomic E-state index is 0.814. The Balaban J connectivity index is 1.98. The summed E-state index contributed by atoms with van der Waals surface area (Å²) in [6.45, 7) is 8.77. The first-order valence-electron chi connectivity index (χ1n) is 9.76. The number of hydrogen-bond acceptors (Lipinski definition) is 3. The largest absolute Gasteiger partial charge is 0.497 e. The van der Waals surface area contributed by atoms with Crippen molar-refractivity contribution in [2.45, 2.75) is 20.3 Å². The SMILES string of the molecule is CC[NH+](CC)CCCN=c1cc(-c2ccccc2)oc2ccc(OC)cc12. The Labute approximate surface area is 161 Å². The molecule has 0 amide bonds. The van der Waals surface area contributed by atoms with Gasteiger partial charge < -0.3 is 14.1 Å². The molecule has 0 fully saturated rings. The molecule has 0 spiro atoms. The predicted molar refractivity (Wildman–Crippen MR) is 110 cm³/mol. The molecular formula is C23H29N2O2+. The maximum atomic E-state index is 6.15. The molecule has 3 rings (SSSR count). The number of nitrogens with one attached hydrogen (secondary N) is 1. The lowest BCUT2D eigenvalue weighted by molar-refractivity contribution is -0.896. The first-order valence-corrected chi connectivity index (χ1v) is 9.76. The van der Waals surface area contributed by atoms with E-state index in [0.717, 1.165) is 52.9 Å². The van der Waals surface area contributed by atoms with Gasteiger partial charge in [-0.2, -0.15) is 0 Å². The molecule has 27 heavy (non-hydrogen) atoms. The Bertz CT molecular complexity index is 928. The summed E-state index contributed by atoms with van der Waals surface area (Å²) < 4.78 is 11.5. The molecule has 0 aliphatic carbocycles. The zero-order valence-corrected chi connectivity index (χ0v) is 16.5. The molecule has 0 bridgehead atoms. The summed E-state index contributed by atoms with van der Waals surface area (Å²) in [5.74, 6) is 1.65. The molecule has 0 saturated heterocycles. The molecular weight excluding hydrogens is 336 g/mol. The number of fused-ring (bicyclic) bond motifs is 1. The van der Waals surface area contributed by atoms with Gasteiger partial charge >= 0.3 is 0 Å².